The molecule has 0 radical (unpaired) electrons. The van der Waals surface area contributed by atoms with Crippen molar-refractivity contribution < 1.29 is 9.59 Å². The number of halogens is 1. The maximum atomic E-state index is 12.6. The van der Waals surface area contributed by atoms with Gasteiger partial charge in [0.1, 0.15) is 6.04 Å². The van der Waals surface area contributed by atoms with Gasteiger partial charge in [0.05, 0.1) is 12.1 Å². The van der Waals surface area contributed by atoms with Gasteiger partial charge in [-0.1, -0.05) is 29.3 Å². The Kier molecular flexibility index (Phi) is 4.09. The maximum absolute atomic E-state index is 12.6. The molecule has 1 heterocycles. The van der Waals surface area contributed by atoms with E-state index < -0.39 is 6.04 Å². The Labute approximate surface area is 140 Å². The summed E-state index contributed by atoms with van der Waals surface area (Å²) in [6, 6.07) is 12.3. The molecule has 1 aliphatic heterocycles. The highest BCUT2D eigenvalue weighted by Gasteiger charge is 2.40. The standard InChI is InChI=1S/C18H17ClN2O2/c1-11-3-6-14(7-4-11)20-15-10-17(22)21(18(15)23)16-8-5-13(19)9-12(16)2/h3-9,15,20H,10H2,1-2H3. The first-order chi connectivity index (χ1) is 11.0. The van der Waals surface area contributed by atoms with Crippen molar-refractivity contribution in [2.75, 3.05) is 10.2 Å². The summed E-state index contributed by atoms with van der Waals surface area (Å²) in [5, 5.41) is 3.72. The molecule has 0 aromatic heterocycles. The van der Waals surface area contributed by atoms with E-state index in [-0.39, 0.29) is 18.2 Å². The smallest absolute Gasteiger partial charge is 0.256 e. The van der Waals surface area contributed by atoms with Crippen LogP contribution in [0.4, 0.5) is 11.4 Å². The van der Waals surface area contributed by atoms with E-state index in [9.17, 15) is 9.59 Å². The number of benzene rings is 2. The van der Waals surface area contributed by atoms with Crippen molar-refractivity contribution in [3.63, 3.8) is 0 Å². The minimum atomic E-state index is -0.541. The Hall–Kier alpha value is -2.33. The molecule has 3 rings (SSSR count). The lowest BCUT2D eigenvalue weighted by molar-refractivity contribution is -0.121. The molecule has 0 aliphatic carbocycles. The molecule has 1 atom stereocenters. The van der Waals surface area contributed by atoms with Crippen LogP contribution in [-0.4, -0.2) is 17.9 Å². The van der Waals surface area contributed by atoms with Crippen LogP contribution in [0.25, 0.3) is 0 Å². The van der Waals surface area contributed by atoms with Crippen LogP contribution in [0.1, 0.15) is 17.5 Å². The molecule has 23 heavy (non-hydrogen) atoms. The van der Waals surface area contributed by atoms with Crippen LogP contribution >= 0.6 is 11.6 Å². The summed E-state index contributed by atoms with van der Waals surface area (Å²) >= 11 is 5.94. The third-order valence-electron chi connectivity index (χ3n) is 3.94. The van der Waals surface area contributed by atoms with Crippen LogP contribution in [0.3, 0.4) is 0 Å². The highest BCUT2D eigenvalue weighted by molar-refractivity contribution is 6.31. The molecule has 2 aromatic carbocycles. The number of carbonyl (C=O) groups is 2. The molecular weight excluding hydrogens is 312 g/mol. The molecule has 1 unspecified atom stereocenters. The second-order valence-corrected chi connectivity index (χ2v) is 6.20. The molecular formula is C18H17ClN2O2. The van der Waals surface area contributed by atoms with Crippen molar-refractivity contribution in [2.45, 2.75) is 26.3 Å². The zero-order chi connectivity index (χ0) is 16.6. The SMILES string of the molecule is Cc1ccc(NC2CC(=O)N(c3ccc(Cl)cc3C)C2=O)cc1. The predicted octanol–water partition coefficient (Wildman–Crippen LogP) is 3.70. The molecule has 1 aliphatic rings. The van der Waals surface area contributed by atoms with E-state index in [1.807, 2.05) is 38.1 Å². The van der Waals surface area contributed by atoms with Crippen LogP contribution in [0.15, 0.2) is 42.5 Å². The average Bonchev–Trinajstić information content (AvgIpc) is 2.77. The minimum absolute atomic E-state index is 0.148. The zero-order valence-corrected chi connectivity index (χ0v) is 13.7. The second-order valence-electron chi connectivity index (χ2n) is 5.77. The number of nitrogens with zero attached hydrogens (tertiary/aromatic N) is 1. The quantitative estimate of drug-likeness (QED) is 0.874. The molecule has 118 valence electrons. The van der Waals surface area contributed by atoms with E-state index in [1.54, 1.807) is 18.2 Å². The Morgan fingerprint density at radius 2 is 1.78 bits per heavy atom. The lowest BCUT2D eigenvalue weighted by Gasteiger charge is -2.18. The fourth-order valence-corrected chi connectivity index (χ4v) is 2.95. The molecule has 1 saturated heterocycles. The van der Waals surface area contributed by atoms with Crippen molar-refractivity contribution in [2.24, 2.45) is 0 Å². The number of hydrogen-bond donors (Lipinski definition) is 1. The third-order valence-corrected chi connectivity index (χ3v) is 4.17. The molecule has 5 heteroatoms. The van der Waals surface area contributed by atoms with Gasteiger partial charge >= 0.3 is 0 Å². The predicted molar refractivity (Wildman–Crippen MR) is 91.9 cm³/mol. The van der Waals surface area contributed by atoms with E-state index in [4.69, 9.17) is 11.6 Å². The second kappa shape index (κ2) is 6.05. The Morgan fingerprint density at radius 3 is 2.43 bits per heavy atom. The van der Waals surface area contributed by atoms with E-state index in [0.29, 0.717) is 10.7 Å². The van der Waals surface area contributed by atoms with E-state index in [1.165, 1.54) is 4.90 Å². The van der Waals surface area contributed by atoms with E-state index in [2.05, 4.69) is 5.32 Å². The molecule has 0 saturated carbocycles. The molecule has 4 nitrogen and oxygen atoms in total. The van der Waals surface area contributed by atoms with Gasteiger partial charge in [0.15, 0.2) is 0 Å². The van der Waals surface area contributed by atoms with Gasteiger partial charge in [-0.3, -0.25) is 9.59 Å². The lowest BCUT2D eigenvalue weighted by atomic mass is 10.2. The van der Waals surface area contributed by atoms with Gasteiger partial charge in [-0.05, 0) is 49.7 Å². The number of aryl methyl sites for hydroxylation is 2. The summed E-state index contributed by atoms with van der Waals surface area (Å²) in [7, 11) is 0. The van der Waals surface area contributed by atoms with Gasteiger partial charge in [0.2, 0.25) is 5.91 Å². The van der Waals surface area contributed by atoms with Crippen LogP contribution in [0.5, 0.6) is 0 Å². The Balaban J connectivity index is 1.83. The van der Waals surface area contributed by atoms with Gasteiger partial charge < -0.3 is 5.32 Å². The lowest BCUT2D eigenvalue weighted by Crippen LogP contribution is -2.35. The molecule has 1 N–H and O–H groups in total. The summed E-state index contributed by atoms with van der Waals surface area (Å²) < 4.78 is 0. The average molecular weight is 329 g/mol. The van der Waals surface area contributed by atoms with Crippen molar-refractivity contribution >= 4 is 34.8 Å². The molecule has 0 spiro atoms. The number of nitrogens with one attached hydrogen (secondary N) is 1. The van der Waals surface area contributed by atoms with Gasteiger partial charge in [0, 0.05) is 10.7 Å². The molecule has 1 fully saturated rings. The minimum Gasteiger partial charge on any atom is -0.373 e. The van der Waals surface area contributed by atoms with Crippen molar-refractivity contribution in [1.82, 2.24) is 0 Å². The van der Waals surface area contributed by atoms with Gasteiger partial charge in [-0.25, -0.2) is 4.90 Å². The fourth-order valence-electron chi connectivity index (χ4n) is 2.72. The number of anilines is 2. The summed E-state index contributed by atoms with van der Waals surface area (Å²) in [5.41, 5.74) is 3.37. The Bertz CT molecular complexity index is 771. The first-order valence-corrected chi connectivity index (χ1v) is 7.79. The van der Waals surface area contributed by atoms with Gasteiger partial charge in [-0.15, -0.1) is 0 Å². The fraction of sp³-hybridized carbons (Fsp3) is 0.222. The van der Waals surface area contributed by atoms with Gasteiger partial charge in [0.25, 0.3) is 5.91 Å². The summed E-state index contributed by atoms with van der Waals surface area (Å²) in [6.45, 7) is 3.83. The van der Waals surface area contributed by atoms with Crippen LogP contribution in [0, 0.1) is 13.8 Å². The zero-order valence-electron chi connectivity index (χ0n) is 13.0. The third kappa shape index (κ3) is 3.08. The van der Waals surface area contributed by atoms with Crippen LogP contribution in [0.2, 0.25) is 5.02 Å². The largest absolute Gasteiger partial charge is 0.373 e. The highest BCUT2D eigenvalue weighted by atomic mass is 35.5. The normalized spacial score (nSPS) is 17.7. The van der Waals surface area contributed by atoms with Crippen molar-refractivity contribution in [3.8, 4) is 0 Å². The summed E-state index contributed by atoms with van der Waals surface area (Å²) in [5.74, 6) is -0.439. The van der Waals surface area contributed by atoms with Crippen LogP contribution < -0.4 is 10.2 Å². The van der Waals surface area contributed by atoms with Crippen LogP contribution in [-0.2, 0) is 9.59 Å². The topological polar surface area (TPSA) is 49.4 Å². The summed E-state index contributed by atoms with van der Waals surface area (Å²) in [4.78, 5) is 26.2. The molecule has 2 amide bonds. The monoisotopic (exact) mass is 328 g/mol. The summed E-state index contributed by atoms with van der Waals surface area (Å²) in [6.07, 6.45) is 0.148. The molecule has 2 aromatic rings. The first-order valence-electron chi connectivity index (χ1n) is 7.42. The number of amides is 2. The molecule has 0 bridgehead atoms. The number of hydrogen-bond acceptors (Lipinski definition) is 3. The van der Waals surface area contributed by atoms with Gasteiger partial charge in [-0.2, -0.15) is 0 Å². The van der Waals surface area contributed by atoms with Crippen molar-refractivity contribution in [3.05, 3.63) is 58.6 Å². The van der Waals surface area contributed by atoms with E-state index in [0.717, 1.165) is 16.8 Å². The first kappa shape index (κ1) is 15.6. The highest BCUT2D eigenvalue weighted by Crippen LogP contribution is 2.29. The number of imide groups is 1. The maximum Gasteiger partial charge on any atom is 0.256 e. The Morgan fingerprint density at radius 1 is 1.09 bits per heavy atom. The van der Waals surface area contributed by atoms with Crippen molar-refractivity contribution in [1.29, 1.82) is 0 Å². The number of rotatable bonds is 3. The number of carbonyl (C=O) groups excluding carboxylic acids is 2. The van der Waals surface area contributed by atoms with E-state index >= 15 is 0 Å².